The second-order valence-corrected chi connectivity index (χ2v) is 6.27. The summed E-state index contributed by atoms with van der Waals surface area (Å²) in [6, 6.07) is 18.5. The highest BCUT2D eigenvalue weighted by Crippen LogP contribution is 2.34. The minimum atomic E-state index is 0.363. The minimum absolute atomic E-state index is 0.363. The van der Waals surface area contributed by atoms with E-state index in [1.807, 2.05) is 42.5 Å². The first-order chi connectivity index (χ1) is 12.3. The lowest BCUT2D eigenvalue weighted by atomic mass is 10.0. The van der Waals surface area contributed by atoms with Crippen molar-refractivity contribution < 1.29 is 9.15 Å². The Kier molecular flexibility index (Phi) is 4.48. The van der Waals surface area contributed by atoms with Gasteiger partial charge in [-0.15, -0.1) is 10.2 Å². The Bertz CT molecular complexity index is 832. The van der Waals surface area contributed by atoms with Crippen LogP contribution in [0, 0.1) is 0 Å². The van der Waals surface area contributed by atoms with Crippen LogP contribution in [0.15, 0.2) is 59.0 Å². The Balaban J connectivity index is 1.51. The fourth-order valence-corrected chi connectivity index (χ4v) is 3.43. The SMILES string of the molecule is COc1cccc([C@@H]2CCCN2Cc2nnc(-c3ccccc3)o2)c1. The van der Waals surface area contributed by atoms with E-state index in [0.29, 0.717) is 24.4 Å². The number of ether oxygens (including phenoxy) is 1. The zero-order valence-corrected chi connectivity index (χ0v) is 14.3. The normalized spacial score (nSPS) is 17.7. The molecule has 1 aliphatic rings. The Labute approximate surface area is 147 Å². The fourth-order valence-electron chi connectivity index (χ4n) is 3.43. The Morgan fingerprint density at radius 2 is 2.00 bits per heavy atom. The van der Waals surface area contributed by atoms with Crippen LogP contribution in [0.3, 0.4) is 0 Å². The van der Waals surface area contributed by atoms with Crippen LogP contribution in [-0.4, -0.2) is 28.8 Å². The van der Waals surface area contributed by atoms with Gasteiger partial charge >= 0.3 is 0 Å². The monoisotopic (exact) mass is 335 g/mol. The molecule has 2 heterocycles. The highest BCUT2D eigenvalue weighted by atomic mass is 16.5. The molecule has 0 saturated carbocycles. The van der Waals surface area contributed by atoms with Gasteiger partial charge in [-0.1, -0.05) is 30.3 Å². The lowest BCUT2D eigenvalue weighted by molar-refractivity contribution is 0.224. The van der Waals surface area contributed by atoms with Gasteiger partial charge in [0, 0.05) is 11.6 Å². The lowest BCUT2D eigenvalue weighted by Crippen LogP contribution is -2.23. The van der Waals surface area contributed by atoms with Gasteiger partial charge in [0.2, 0.25) is 11.8 Å². The first kappa shape index (κ1) is 15.8. The summed E-state index contributed by atoms with van der Waals surface area (Å²) in [5.41, 5.74) is 2.23. The molecule has 3 aromatic rings. The van der Waals surface area contributed by atoms with Crippen molar-refractivity contribution in [1.82, 2.24) is 15.1 Å². The molecule has 0 bridgehead atoms. The van der Waals surface area contributed by atoms with E-state index in [2.05, 4.69) is 27.2 Å². The molecule has 0 N–H and O–H groups in total. The fraction of sp³-hybridized carbons (Fsp3) is 0.300. The molecule has 0 radical (unpaired) electrons. The van der Waals surface area contributed by atoms with E-state index in [1.165, 1.54) is 12.0 Å². The van der Waals surface area contributed by atoms with Gasteiger partial charge in [0.05, 0.1) is 13.7 Å². The predicted octanol–water partition coefficient (Wildman–Crippen LogP) is 4.08. The molecule has 1 atom stereocenters. The molecule has 128 valence electrons. The Morgan fingerprint density at radius 3 is 2.84 bits per heavy atom. The molecule has 4 rings (SSSR count). The molecular formula is C20H21N3O2. The van der Waals surface area contributed by atoms with Gasteiger partial charge in [0.15, 0.2) is 0 Å². The number of likely N-dealkylation sites (tertiary alicyclic amines) is 1. The van der Waals surface area contributed by atoms with Crippen LogP contribution < -0.4 is 4.74 Å². The quantitative estimate of drug-likeness (QED) is 0.703. The van der Waals surface area contributed by atoms with Crippen LogP contribution in [0.5, 0.6) is 5.75 Å². The highest BCUT2D eigenvalue weighted by molar-refractivity contribution is 5.51. The summed E-state index contributed by atoms with van der Waals surface area (Å²) in [7, 11) is 1.70. The number of hydrogen-bond acceptors (Lipinski definition) is 5. The minimum Gasteiger partial charge on any atom is -0.497 e. The van der Waals surface area contributed by atoms with Crippen LogP contribution in [0.4, 0.5) is 0 Å². The van der Waals surface area contributed by atoms with Crippen molar-refractivity contribution in [1.29, 1.82) is 0 Å². The zero-order valence-electron chi connectivity index (χ0n) is 14.3. The van der Waals surface area contributed by atoms with Crippen molar-refractivity contribution in [2.75, 3.05) is 13.7 Å². The van der Waals surface area contributed by atoms with Crippen molar-refractivity contribution in [3.05, 3.63) is 66.1 Å². The van der Waals surface area contributed by atoms with E-state index in [4.69, 9.17) is 9.15 Å². The third-order valence-electron chi connectivity index (χ3n) is 4.67. The number of benzene rings is 2. The second kappa shape index (κ2) is 7.07. The van der Waals surface area contributed by atoms with Crippen molar-refractivity contribution in [3.8, 4) is 17.2 Å². The largest absolute Gasteiger partial charge is 0.497 e. The standard InChI is InChI=1S/C20H21N3O2/c1-24-17-10-5-9-16(13-17)18-11-6-12-23(18)14-19-21-22-20(25-19)15-7-3-2-4-8-15/h2-5,7-10,13,18H,6,11-12,14H2,1H3/t18-/m0/s1. The third-order valence-corrected chi connectivity index (χ3v) is 4.67. The molecule has 5 nitrogen and oxygen atoms in total. The van der Waals surface area contributed by atoms with Crippen LogP contribution in [0.1, 0.15) is 30.3 Å². The molecule has 2 aromatic carbocycles. The summed E-state index contributed by atoms with van der Waals surface area (Å²) in [4.78, 5) is 2.40. The first-order valence-electron chi connectivity index (χ1n) is 8.59. The van der Waals surface area contributed by atoms with Crippen molar-refractivity contribution in [2.45, 2.75) is 25.4 Å². The Hall–Kier alpha value is -2.66. The van der Waals surface area contributed by atoms with E-state index >= 15 is 0 Å². The summed E-state index contributed by atoms with van der Waals surface area (Å²) in [5, 5.41) is 8.43. The molecule has 0 spiro atoms. The number of nitrogens with zero attached hydrogens (tertiary/aromatic N) is 3. The van der Waals surface area contributed by atoms with E-state index in [0.717, 1.165) is 24.3 Å². The average molecular weight is 335 g/mol. The van der Waals surface area contributed by atoms with Gasteiger partial charge in [-0.2, -0.15) is 0 Å². The van der Waals surface area contributed by atoms with Gasteiger partial charge in [0.1, 0.15) is 5.75 Å². The molecule has 1 aliphatic heterocycles. The van der Waals surface area contributed by atoms with Crippen LogP contribution in [0.25, 0.3) is 11.5 Å². The smallest absolute Gasteiger partial charge is 0.247 e. The zero-order chi connectivity index (χ0) is 17.1. The maximum absolute atomic E-state index is 5.87. The highest BCUT2D eigenvalue weighted by Gasteiger charge is 2.27. The topological polar surface area (TPSA) is 51.4 Å². The molecular weight excluding hydrogens is 314 g/mol. The average Bonchev–Trinajstić information content (AvgIpc) is 3.32. The first-order valence-corrected chi connectivity index (χ1v) is 8.59. The molecule has 0 unspecified atom stereocenters. The van der Waals surface area contributed by atoms with Crippen LogP contribution >= 0.6 is 0 Å². The van der Waals surface area contributed by atoms with E-state index in [-0.39, 0.29) is 0 Å². The van der Waals surface area contributed by atoms with Gasteiger partial charge in [-0.05, 0) is 49.2 Å². The molecule has 1 aromatic heterocycles. The number of rotatable bonds is 5. The summed E-state index contributed by atoms with van der Waals surface area (Å²) in [6.45, 7) is 1.70. The van der Waals surface area contributed by atoms with Gasteiger partial charge < -0.3 is 9.15 Å². The number of methoxy groups -OCH3 is 1. The summed E-state index contributed by atoms with van der Waals surface area (Å²) < 4.78 is 11.2. The number of aromatic nitrogens is 2. The summed E-state index contributed by atoms with van der Waals surface area (Å²) in [6.07, 6.45) is 2.30. The third kappa shape index (κ3) is 3.42. The Morgan fingerprint density at radius 1 is 1.12 bits per heavy atom. The lowest BCUT2D eigenvalue weighted by Gasteiger charge is -2.23. The second-order valence-electron chi connectivity index (χ2n) is 6.27. The van der Waals surface area contributed by atoms with Crippen molar-refractivity contribution >= 4 is 0 Å². The predicted molar refractivity (Wildman–Crippen MR) is 95.1 cm³/mol. The van der Waals surface area contributed by atoms with Gasteiger partial charge in [0.25, 0.3) is 0 Å². The maximum atomic E-state index is 5.87. The van der Waals surface area contributed by atoms with Crippen LogP contribution in [-0.2, 0) is 6.54 Å². The number of hydrogen-bond donors (Lipinski definition) is 0. The van der Waals surface area contributed by atoms with E-state index in [9.17, 15) is 0 Å². The summed E-state index contributed by atoms with van der Waals surface area (Å²) in [5.74, 6) is 2.13. The van der Waals surface area contributed by atoms with Crippen molar-refractivity contribution in [3.63, 3.8) is 0 Å². The molecule has 5 heteroatoms. The summed E-state index contributed by atoms with van der Waals surface area (Å²) >= 11 is 0. The van der Waals surface area contributed by atoms with Crippen molar-refractivity contribution in [2.24, 2.45) is 0 Å². The van der Waals surface area contributed by atoms with E-state index < -0.39 is 0 Å². The van der Waals surface area contributed by atoms with E-state index in [1.54, 1.807) is 7.11 Å². The van der Waals surface area contributed by atoms with Gasteiger partial charge in [-0.3, -0.25) is 4.90 Å². The molecule has 0 amide bonds. The van der Waals surface area contributed by atoms with Gasteiger partial charge in [-0.25, -0.2) is 0 Å². The maximum Gasteiger partial charge on any atom is 0.247 e. The molecule has 1 fully saturated rings. The van der Waals surface area contributed by atoms with Crippen LogP contribution in [0.2, 0.25) is 0 Å². The molecule has 0 aliphatic carbocycles. The molecule has 25 heavy (non-hydrogen) atoms. The molecule has 1 saturated heterocycles.